The van der Waals surface area contributed by atoms with Gasteiger partial charge in [-0.1, -0.05) is 36.8 Å². The highest BCUT2D eigenvalue weighted by Crippen LogP contribution is 2.06. The van der Waals surface area contributed by atoms with E-state index in [0.717, 1.165) is 18.5 Å². The van der Waals surface area contributed by atoms with Crippen LogP contribution in [0.15, 0.2) is 36.7 Å². The van der Waals surface area contributed by atoms with Crippen LogP contribution in [0.4, 0.5) is 5.82 Å². The van der Waals surface area contributed by atoms with Crippen LogP contribution in [0.25, 0.3) is 0 Å². The fourth-order valence-electron chi connectivity index (χ4n) is 1.93. The quantitative estimate of drug-likeness (QED) is 0.855. The molecule has 2 aromatic rings. The van der Waals surface area contributed by atoms with Crippen LogP contribution in [0.5, 0.6) is 0 Å². The zero-order valence-corrected chi connectivity index (χ0v) is 12.4. The molecule has 0 aliphatic rings. The summed E-state index contributed by atoms with van der Waals surface area (Å²) in [6.45, 7) is 5.41. The lowest BCUT2D eigenvalue weighted by molar-refractivity contribution is 0.0946. The third kappa shape index (κ3) is 4.56. The van der Waals surface area contributed by atoms with Gasteiger partial charge in [0.1, 0.15) is 17.8 Å². The van der Waals surface area contributed by atoms with E-state index in [1.807, 2.05) is 25.1 Å². The molecule has 2 N–H and O–H groups in total. The Morgan fingerprint density at radius 3 is 2.86 bits per heavy atom. The Balaban J connectivity index is 1.96. The summed E-state index contributed by atoms with van der Waals surface area (Å²) in [5.74, 6) is 0.478. The third-order valence-electron chi connectivity index (χ3n) is 2.99. The molecule has 1 aromatic carbocycles. The fourth-order valence-corrected chi connectivity index (χ4v) is 1.93. The Bertz CT molecular complexity index is 613. The number of rotatable bonds is 6. The van der Waals surface area contributed by atoms with E-state index in [0.29, 0.717) is 18.1 Å². The fraction of sp³-hybridized carbons (Fsp3) is 0.312. The van der Waals surface area contributed by atoms with Crippen molar-refractivity contribution in [3.05, 3.63) is 53.5 Å². The van der Waals surface area contributed by atoms with Crippen molar-refractivity contribution < 1.29 is 4.79 Å². The second-order valence-corrected chi connectivity index (χ2v) is 4.89. The minimum absolute atomic E-state index is 0.196. The largest absolute Gasteiger partial charge is 0.370 e. The maximum absolute atomic E-state index is 12.1. The van der Waals surface area contributed by atoms with Gasteiger partial charge in [-0.05, 0) is 18.9 Å². The summed E-state index contributed by atoms with van der Waals surface area (Å²) >= 11 is 0. The Hall–Kier alpha value is -2.43. The van der Waals surface area contributed by atoms with Crippen LogP contribution < -0.4 is 10.6 Å². The molecule has 0 atom stereocenters. The van der Waals surface area contributed by atoms with E-state index in [4.69, 9.17) is 0 Å². The number of aromatic nitrogens is 2. The molecule has 0 saturated carbocycles. The average Bonchev–Trinajstić information content (AvgIpc) is 2.51. The first kappa shape index (κ1) is 15.0. The van der Waals surface area contributed by atoms with Crippen molar-refractivity contribution in [3.63, 3.8) is 0 Å². The van der Waals surface area contributed by atoms with Crippen molar-refractivity contribution in [3.8, 4) is 0 Å². The maximum atomic E-state index is 12.1. The van der Waals surface area contributed by atoms with E-state index >= 15 is 0 Å². The lowest BCUT2D eigenvalue weighted by Crippen LogP contribution is -2.24. The van der Waals surface area contributed by atoms with Gasteiger partial charge in [-0.15, -0.1) is 0 Å². The summed E-state index contributed by atoms with van der Waals surface area (Å²) in [6, 6.07) is 9.72. The SMILES string of the molecule is CCCNc1cc(C(=O)NCc2cccc(C)c2)ncn1. The van der Waals surface area contributed by atoms with Crippen molar-refractivity contribution >= 4 is 11.7 Å². The number of nitrogens with zero attached hydrogens (tertiary/aromatic N) is 2. The van der Waals surface area contributed by atoms with Gasteiger partial charge in [-0.3, -0.25) is 4.79 Å². The summed E-state index contributed by atoms with van der Waals surface area (Å²) < 4.78 is 0. The highest BCUT2D eigenvalue weighted by molar-refractivity contribution is 5.92. The second kappa shape index (κ2) is 7.38. The summed E-state index contributed by atoms with van der Waals surface area (Å²) in [5.41, 5.74) is 2.62. The summed E-state index contributed by atoms with van der Waals surface area (Å²) in [5, 5.41) is 6.01. The van der Waals surface area contributed by atoms with Crippen molar-refractivity contribution in [1.29, 1.82) is 0 Å². The Morgan fingerprint density at radius 2 is 2.10 bits per heavy atom. The third-order valence-corrected chi connectivity index (χ3v) is 2.99. The molecule has 5 nitrogen and oxygen atoms in total. The number of anilines is 1. The van der Waals surface area contributed by atoms with Gasteiger partial charge >= 0.3 is 0 Å². The summed E-state index contributed by atoms with van der Waals surface area (Å²) in [6.07, 6.45) is 2.40. The molecular weight excluding hydrogens is 264 g/mol. The minimum Gasteiger partial charge on any atom is -0.370 e. The Labute approximate surface area is 124 Å². The minimum atomic E-state index is -0.196. The summed E-state index contributed by atoms with van der Waals surface area (Å²) in [4.78, 5) is 20.2. The monoisotopic (exact) mass is 284 g/mol. The Morgan fingerprint density at radius 1 is 1.24 bits per heavy atom. The van der Waals surface area contributed by atoms with Gasteiger partial charge in [0, 0.05) is 19.2 Å². The predicted molar refractivity (Wildman–Crippen MR) is 83.2 cm³/mol. The number of carbonyl (C=O) groups excluding carboxylic acids is 1. The maximum Gasteiger partial charge on any atom is 0.270 e. The second-order valence-electron chi connectivity index (χ2n) is 4.89. The van der Waals surface area contributed by atoms with Crippen molar-refractivity contribution in [2.24, 2.45) is 0 Å². The highest BCUT2D eigenvalue weighted by atomic mass is 16.1. The number of hydrogen-bond acceptors (Lipinski definition) is 4. The van der Waals surface area contributed by atoms with E-state index in [1.54, 1.807) is 6.07 Å². The van der Waals surface area contributed by atoms with Gasteiger partial charge in [-0.2, -0.15) is 0 Å². The van der Waals surface area contributed by atoms with E-state index in [-0.39, 0.29) is 5.91 Å². The zero-order valence-electron chi connectivity index (χ0n) is 12.4. The Kier molecular flexibility index (Phi) is 5.26. The van der Waals surface area contributed by atoms with Crippen LogP contribution in [0, 0.1) is 6.92 Å². The van der Waals surface area contributed by atoms with Crippen LogP contribution in [-0.2, 0) is 6.54 Å². The van der Waals surface area contributed by atoms with Crippen LogP contribution in [0.1, 0.15) is 35.0 Å². The predicted octanol–water partition coefficient (Wildman–Crippen LogP) is 2.54. The van der Waals surface area contributed by atoms with Crippen LogP contribution in [-0.4, -0.2) is 22.4 Å². The first-order valence-corrected chi connectivity index (χ1v) is 7.08. The number of amides is 1. The van der Waals surface area contributed by atoms with E-state index in [2.05, 4.69) is 33.6 Å². The molecule has 21 heavy (non-hydrogen) atoms. The molecule has 0 aliphatic carbocycles. The molecule has 2 rings (SSSR count). The van der Waals surface area contributed by atoms with Gasteiger partial charge in [0.2, 0.25) is 0 Å². The van der Waals surface area contributed by atoms with E-state index in [9.17, 15) is 4.79 Å². The molecular formula is C16H20N4O. The molecule has 1 heterocycles. The lowest BCUT2D eigenvalue weighted by Gasteiger charge is -2.07. The molecule has 0 bridgehead atoms. The molecule has 1 aromatic heterocycles. The van der Waals surface area contributed by atoms with Crippen molar-refractivity contribution in [2.75, 3.05) is 11.9 Å². The van der Waals surface area contributed by atoms with Gasteiger partial charge in [0.25, 0.3) is 5.91 Å². The first-order chi connectivity index (χ1) is 10.2. The van der Waals surface area contributed by atoms with Gasteiger partial charge < -0.3 is 10.6 Å². The number of benzene rings is 1. The zero-order chi connectivity index (χ0) is 15.1. The standard InChI is InChI=1S/C16H20N4O/c1-3-7-17-15-9-14(19-11-20-15)16(21)18-10-13-6-4-5-12(2)8-13/h4-6,8-9,11H,3,7,10H2,1-2H3,(H,18,21)(H,17,19,20). The molecule has 0 saturated heterocycles. The molecule has 0 fully saturated rings. The van der Waals surface area contributed by atoms with Gasteiger partial charge in [0.15, 0.2) is 0 Å². The van der Waals surface area contributed by atoms with Crippen molar-refractivity contribution in [1.82, 2.24) is 15.3 Å². The first-order valence-electron chi connectivity index (χ1n) is 7.08. The highest BCUT2D eigenvalue weighted by Gasteiger charge is 2.08. The molecule has 0 spiro atoms. The van der Waals surface area contributed by atoms with Crippen LogP contribution >= 0.6 is 0 Å². The lowest BCUT2D eigenvalue weighted by atomic mass is 10.1. The smallest absolute Gasteiger partial charge is 0.270 e. The number of carbonyl (C=O) groups is 1. The number of aryl methyl sites for hydroxylation is 1. The molecule has 0 radical (unpaired) electrons. The molecule has 1 amide bonds. The topological polar surface area (TPSA) is 66.9 Å². The number of nitrogens with one attached hydrogen (secondary N) is 2. The van der Waals surface area contributed by atoms with E-state index < -0.39 is 0 Å². The average molecular weight is 284 g/mol. The molecule has 5 heteroatoms. The van der Waals surface area contributed by atoms with E-state index in [1.165, 1.54) is 11.9 Å². The molecule has 0 unspecified atom stereocenters. The normalized spacial score (nSPS) is 10.2. The van der Waals surface area contributed by atoms with Crippen LogP contribution in [0.2, 0.25) is 0 Å². The number of hydrogen-bond donors (Lipinski definition) is 2. The van der Waals surface area contributed by atoms with Crippen molar-refractivity contribution in [2.45, 2.75) is 26.8 Å². The molecule has 110 valence electrons. The summed E-state index contributed by atoms with van der Waals surface area (Å²) in [7, 11) is 0. The van der Waals surface area contributed by atoms with Gasteiger partial charge in [-0.25, -0.2) is 9.97 Å². The molecule has 0 aliphatic heterocycles. The van der Waals surface area contributed by atoms with Crippen LogP contribution in [0.3, 0.4) is 0 Å². The van der Waals surface area contributed by atoms with Gasteiger partial charge in [0.05, 0.1) is 0 Å².